The predicted molar refractivity (Wildman–Crippen MR) is 70.9 cm³/mol. The maximum absolute atomic E-state index is 11.7. The van der Waals surface area contributed by atoms with Crippen molar-refractivity contribution in [1.82, 2.24) is 19.5 Å². The van der Waals surface area contributed by atoms with E-state index in [2.05, 4.69) is 15.0 Å². The molecule has 9 heteroatoms. The van der Waals surface area contributed by atoms with Crippen LogP contribution >= 0.6 is 11.8 Å². The molecule has 1 fully saturated rings. The zero-order valence-electron chi connectivity index (χ0n) is 9.94. The molecule has 2 atom stereocenters. The summed E-state index contributed by atoms with van der Waals surface area (Å²) < 4.78 is 7.40. The second-order valence-electron chi connectivity index (χ2n) is 4.21. The van der Waals surface area contributed by atoms with Crippen molar-refractivity contribution in [2.24, 2.45) is 0 Å². The Kier molecular flexibility index (Phi) is 3.17. The summed E-state index contributed by atoms with van der Waals surface area (Å²) in [4.78, 5) is 22.2. The highest BCUT2D eigenvalue weighted by molar-refractivity contribution is 7.99. The molecule has 0 aliphatic carbocycles. The van der Waals surface area contributed by atoms with Gasteiger partial charge in [0.25, 0.3) is 5.56 Å². The lowest BCUT2D eigenvalue weighted by Gasteiger charge is -2.29. The Morgan fingerprint density at radius 2 is 2.47 bits per heavy atom. The van der Waals surface area contributed by atoms with E-state index in [-0.39, 0.29) is 36.0 Å². The van der Waals surface area contributed by atoms with E-state index in [1.165, 1.54) is 6.33 Å². The van der Waals surface area contributed by atoms with Crippen molar-refractivity contribution in [2.45, 2.75) is 12.3 Å². The first kappa shape index (κ1) is 12.5. The van der Waals surface area contributed by atoms with Crippen LogP contribution in [0.3, 0.4) is 0 Å². The second-order valence-corrected chi connectivity index (χ2v) is 5.28. The van der Waals surface area contributed by atoms with E-state index in [1.54, 1.807) is 16.3 Å². The lowest BCUT2D eigenvalue weighted by molar-refractivity contribution is -0.0548. The van der Waals surface area contributed by atoms with Crippen LogP contribution < -0.4 is 11.3 Å². The monoisotopic (exact) mass is 283 g/mol. The Morgan fingerprint density at radius 3 is 3.26 bits per heavy atom. The molecule has 3 rings (SSSR count). The molecule has 2 aromatic heterocycles. The minimum absolute atomic E-state index is 0.0354. The summed E-state index contributed by atoms with van der Waals surface area (Å²) in [6, 6.07) is 0. The van der Waals surface area contributed by atoms with Crippen LogP contribution in [-0.4, -0.2) is 48.8 Å². The zero-order valence-corrected chi connectivity index (χ0v) is 10.8. The molecule has 1 saturated heterocycles. The number of fused-ring (bicyclic) bond motifs is 1. The van der Waals surface area contributed by atoms with Gasteiger partial charge in [-0.15, -0.1) is 0 Å². The molecule has 8 nitrogen and oxygen atoms in total. The molecule has 0 bridgehead atoms. The summed E-state index contributed by atoms with van der Waals surface area (Å²) in [6.45, 7) is -0.0354. The SMILES string of the molecule is Nc1nc2c(ncn2[C@H]2CSC[C@@H](CO)O2)c(=O)[nH]1. The van der Waals surface area contributed by atoms with Crippen LogP contribution in [0.4, 0.5) is 5.95 Å². The van der Waals surface area contributed by atoms with Gasteiger partial charge in [0.2, 0.25) is 5.95 Å². The van der Waals surface area contributed by atoms with Gasteiger partial charge in [0.1, 0.15) is 6.23 Å². The molecule has 0 saturated carbocycles. The Hall–Kier alpha value is -1.58. The minimum atomic E-state index is -0.372. The van der Waals surface area contributed by atoms with Crippen LogP contribution in [0.15, 0.2) is 11.1 Å². The molecule has 4 N–H and O–H groups in total. The summed E-state index contributed by atoms with van der Waals surface area (Å²) >= 11 is 1.67. The van der Waals surface area contributed by atoms with Crippen molar-refractivity contribution < 1.29 is 9.84 Å². The van der Waals surface area contributed by atoms with Gasteiger partial charge in [-0.2, -0.15) is 16.7 Å². The molecule has 1 aliphatic rings. The number of aliphatic hydroxyl groups is 1. The van der Waals surface area contributed by atoms with Gasteiger partial charge in [-0.3, -0.25) is 14.3 Å². The average molecular weight is 283 g/mol. The number of aromatic nitrogens is 4. The van der Waals surface area contributed by atoms with Crippen LogP contribution in [-0.2, 0) is 4.74 Å². The van der Waals surface area contributed by atoms with E-state index in [1.807, 2.05) is 0 Å². The molecule has 1 aliphatic heterocycles. The molecular formula is C10H13N5O3S. The van der Waals surface area contributed by atoms with E-state index < -0.39 is 0 Å². The van der Waals surface area contributed by atoms with Gasteiger partial charge in [-0.05, 0) is 0 Å². The number of nitrogen functional groups attached to an aromatic ring is 1. The predicted octanol–water partition coefficient (Wildman–Crippen LogP) is -0.675. The van der Waals surface area contributed by atoms with Gasteiger partial charge < -0.3 is 15.6 Å². The number of thioether (sulfide) groups is 1. The third-order valence-electron chi connectivity index (χ3n) is 2.88. The summed E-state index contributed by atoms with van der Waals surface area (Å²) in [5.74, 6) is 1.49. The third-order valence-corrected chi connectivity index (χ3v) is 4.01. The Bertz CT molecular complexity index is 654. The number of H-pyrrole nitrogens is 1. The molecule has 0 unspecified atom stereocenters. The van der Waals surface area contributed by atoms with E-state index in [9.17, 15) is 4.79 Å². The molecule has 0 aromatic carbocycles. The normalized spacial score (nSPS) is 23.8. The number of aromatic amines is 1. The van der Waals surface area contributed by atoms with Crippen molar-refractivity contribution in [3.05, 3.63) is 16.7 Å². The fraction of sp³-hybridized carbons (Fsp3) is 0.500. The van der Waals surface area contributed by atoms with Gasteiger partial charge in [-0.25, -0.2) is 4.98 Å². The largest absolute Gasteiger partial charge is 0.394 e. The van der Waals surface area contributed by atoms with Gasteiger partial charge in [0.15, 0.2) is 11.2 Å². The highest BCUT2D eigenvalue weighted by Crippen LogP contribution is 2.27. The number of anilines is 1. The van der Waals surface area contributed by atoms with E-state index in [0.29, 0.717) is 11.4 Å². The Balaban J connectivity index is 2.03. The highest BCUT2D eigenvalue weighted by atomic mass is 32.2. The zero-order chi connectivity index (χ0) is 13.4. The number of nitrogens with zero attached hydrogens (tertiary/aromatic N) is 3. The van der Waals surface area contributed by atoms with Crippen LogP contribution in [0, 0.1) is 0 Å². The summed E-state index contributed by atoms with van der Waals surface area (Å²) in [6.07, 6.45) is 0.979. The van der Waals surface area contributed by atoms with E-state index in [0.717, 1.165) is 5.75 Å². The molecule has 19 heavy (non-hydrogen) atoms. The first-order valence-electron chi connectivity index (χ1n) is 5.75. The lowest BCUT2D eigenvalue weighted by atomic mass is 10.4. The van der Waals surface area contributed by atoms with Gasteiger partial charge in [-0.1, -0.05) is 0 Å². The number of nitrogens with two attached hydrogens (primary N) is 1. The van der Waals surface area contributed by atoms with Crippen molar-refractivity contribution in [3.8, 4) is 0 Å². The minimum Gasteiger partial charge on any atom is -0.394 e. The van der Waals surface area contributed by atoms with E-state index in [4.69, 9.17) is 15.6 Å². The van der Waals surface area contributed by atoms with Crippen LogP contribution in [0.5, 0.6) is 0 Å². The highest BCUT2D eigenvalue weighted by Gasteiger charge is 2.25. The first-order valence-corrected chi connectivity index (χ1v) is 6.91. The Morgan fingerprint density at radius 1 is 1.63 bits per heavy atom. The number of nitrogens with one attached hydrogen (secondary N) is 1. The number of aliphatic hydroxyl groups excluding tert-OH is 1. The van der Waals surface area contributed by atoms with E-state index >= 15 is 0 Å². The third kappa shape index (κ3) is 2.20. The molecule has 102 valence electrons. The number of hydrogen-bond acceptors (Lipinski definition) is 7. The summed E-state index contributed by atoms with van der Waals surface area (Å²) in [7, 11) is 0. The standard InChI is InChI=1S/C10H13N5O3S/c11-10-13-8-7(9(17)14-10)12-4-15(8)6-3-19-2-5(1-16)18-6/h4-6,16H,1-3H2,(H3,11,13,14,17)/t5-,6-/m1/s1. The molecule has 0 radical (unpaired) electrons. The fourth-order valence-corrected chi connectivity index (χ4v) is 3.02. The van der Waals surface area contributed by atoms with Gasteiger partial charge >= 0.3 is 0 Å². The van der Waals surface area contributed by atoms with Crippen LogP contribution in [0.25, 0.3) is 11.2 Å². The number of rotatable bonds is 2. The van der Waals surface area contributed by atoms with Crippen LogP contribution in [0.1, 0.15) is 6.23 Å². The fourth-order valence-electron chi connectivity index (χ4n) is 2.00. The Labute approximate surface area is 112 Å². The molecule has 0 spiro atoms. The maximum Gasteiger partial charge on any atom is 0.280 e. The molecule has 3 heterocycles. The molecular weight excluding hydrogens is 270 g/mol. The van der Waals surface area contributed by atoms with Crippen molar-refractivity contribution in [3.63, 3.8) is 0 Å². The van der Waals surface area contributed by atoms with Gasteiger partial charge in [0, 0.05) is 11.5 Å². The number of imidazole rings is 1. The topological polar surface area (TPSA) is 119 Å². The summed E-state index contributed by atoms with van der Waals surface area (Å²) in [5.41, 5.74) is 5.79. The lowest BCUT2D eigenvalue weighted by Crippen LogP contribution is -2.32. The molecule has 0 amide bonds. The van der Waals surface area contributed by atoms with Crippen molar-refractivity contribution >= 4 is 28.9 Å². The smallest absolute Gasteiger partial charge is 0.280 e. The maximum atomic E-state index is 11.7. The number of ether oxygens (including phenoxy) is 1. The average Bonchev–Trinajstić information content (AvgIpc) is 2.82. The quantitative estimate of drug-likeness (QED) is 0.668. The summed E-state index contributed by atoms with van der Waals surface area (Å²) in [5, 5.41) is 9.15. The van der Waals surface area contributed by atoms with Crippen LogP contribution in [0.2, 0.25) is 0 Å². The van der Waals surface area contributed by atoms with Gasteiger partial charge in [0.05, 0.1) is 19.0 Å². The first-order chi connectivity index (χ1) is 9.19. The number of hydrogen-bond donors (Lipinski definition) is 3. The molecule has 2 aromatic rings. The van der Waals surface area contributed by atoms with Crippen molar-refractivity contribution in [1.29, 1.82) is 0 Å². The van der Waals surface area contributed by atoms with Crippen molar-refractivity contribution in [2.75, 3.05) is 23.8 Å². The second kappa shape index (κ2) is 4.83.